The van der Waals surface area contributed by atoms with E-state index in [4.69, 9.17) is 5.73 Å². The molecule has 1 aliphatic heterocycles. The molecule has 0 saturated carbocycles. The number of hydrogen-bond donors (Lipinski definition) is 1. The number of aromatic nitrogens is 2. The molecule has 0 radical (unpaired) electrons. The van der Waals surface area contributed by atoms with Crippen molar-refractivity contribution in [1.82, 2.24) is 9.55 Å². The summed E-state index contributed by atoms with van der Waals surface area (Å²) in [7, 11) is 0. The van der Waals surface area contributed by atoms with Crippen molar-refractivity contribution in [1.29, 1.82) is 0 Å². The average Bonchev–Trinajstić information content (AvgIpc) is 2.78. The van der Waals surface area contributed by atoms with Gasteiger partial charge in [-0.15, -0.1) is 0 Å². The summed E-state index contributed by atoms with van der Waals surface area (Å²) in [6, 6.07) is 0.367. The highest BCUT2D eigenvalue weighted by molar-refractivity contribution is 5.32. The highest BCUT2D eigenvalue weighted by Gasteiger charge is 2.27. The molecule has 0 spiro atoms. The molecule has 0 aliphatic carbocycles. The van der Waals surface area contributed by atoms with Crippen LogP contribution in [0.3, 0.4) is 0 Å². The van der Waals surface area contributed by atoms with Crippen molar-refractivity contribution < 1.29 is 0 Å². The lowest BCUT2D eigenvalue weighted by Gasteiger charge is -2.37. The van der Waals surface area contributed by atoms with E-state index < -0.39 is 0 Å². The lowest BCUT2D eigenvalue weighted by Crippen LogP contribution is -2.47. The van der Waals surface area contributed by atoms with Crippen molar-refractivity contribution in [2.75, 3.05) is 18.0 Å². The molecule has 0 bridgehead atoms. The number of piperidine rings is 1. The van der Waals surface area contributed by atoms with Crippen molar-refractivity contribution in [3.63, 3.8) is 0 Å². The van der Waals surface area contributed by atoms with Crippen LogP contribution in [0, 0.1) is 5.92 Å². The fraction of sp³-hybridized carbons (Fsp3) is 0.769. The molecule has 1 aromatic heterocycles. The maximum Gasteiger partial charge on any atom is 0.205 e. The smallest absolute Gasteiger partial charge is 0.205 e. The monoisotopic (exact) mass is 236 g/mol. The Bertz CT molecular complexity index is 347. The second-order valence-electron chi connectivity index (χ2n) is 4.99. The van der Waals surface area contributed by atoms with Gasteiger partial charge in [-0.05, 0) is 18.8 Å². The van der Waals surface area contributed by atoms with E-state index in [1.165, 1.54) is 0 Å². The number of nitrogens with two attached hydrogens (primary N) is 1. The van der Waals surface area contributed by atoms with Crippen LogP contribution in [0.1, 0.15) is 33.1 Å². The third-order valence-corrected chi connectivity index (χ3v) is 3.76. The summed E-state index contributed by atoms with van der Waals surface area (Å²) in [5.74, 6) is 1.73. The zero-order valence-corrected chi connectivity index (χ0v) is 11.0. The first kappa shape index (κ1) is 12.4. The van der Waals surface area contributed by atoms with Crippen molar-refractivity contribution in [3.05, 3.63) is 12.4 Å². The van der Waals surface area contributed by atoms with Crippen LogP contribution in [0.25, 0.3) is 0 Å². The number of aryl methyl sites for hydroxylation is 1. The third-order valence-electron chi connectivity index (χ3n) is 3.76. The molecular weight excluding hydrogens is 212 g/mol. The SMILES string of the molecule is CCCn1ccnc1N1CCC(N)C(CC)C1. The molecule has 17 heavy (non-hydrogen) atoms. The van der Waals surface area contributed by atoms with Gasteiger partial charge < -0.3 is 15.2 Å². The fourth-order valence-corrected chi connectivity index (χ4v) is 2.66. The standard InChI is InChI=1S/C13H24N4/c1-3-7-16-9-6-15-13(16)17-8-5-12(14)11(4-2)10-17/h6,9,11-12H,3-5,7-8,10,14H2,1-2H3. The highest BCUT2D eigenvalue weighted by Crippen LogP contribution is 2.23. The maximum absolute atomic E-state index is 6.15. The fourth-order valence-electron chi connectivity index (χ4n) is 2.66. The lowest BCUT2D eigenvalue weighted by atomic mass is 9.91. The minimum absolute atomic E-state index is 0.367. The Balaban J connectivity index is 2.09. The van der Waals surface area contributed by atoms with Crippen LogP contribution < -0.4 is 10.6 Å². The van der Waals surface area contributed by atoms with Crippen LogP contribution in [0.2, 0.25) is 0 Å². The van der Waals surface area contributed by atoms with Gasteiger partial charge in [0, 0.05) is 38.1 Å². The van der Waals surface area contributed by atoms with Gasteiger partial charge in [0.2, 0.25) is 5.95 Å². The summed E-state index contributed by atoms with van der Waals surface area (Å²) in [6.07, 6.45) is 7.37. The number of anilines is 1. The molecule has 1 fully saturated rings. The Morgan fingerprint density at radius 3 is 3.00 bits per heavy atom. The van der Waals surface area contributed by atoms with E-state index in [2.05, 4.69) is 34.5 Å². The summed E-state index contributed by atoms with van der Waals surface area (Å²) in [5, 5.41) is 0. The molecule has 4 nitrogen and oxygen atoms in total. The predicted molar refractivity (Wildman–Crippen MR) is 71.1 cm³/mol. The topological polar surface area (TPSA) is 47.1 Å². The highest BCUT2D eigenvalue weighted by atomic mass is 15.3. The summed E-state index contributed by atoms with van der Waals surface area (Å²) in [4.78, 5) is 6.90. The van der Waals surface area contributed by atoms with Crippen molar-refractivity contribution in [2.24, 2.45) is 11.7 Å². The van der Waals surface area contributed by atoms with Crippen LogP contribution in [0.15, 0.2) is 12.4 Å². The Hall–Kier alpha value is -1.03. The van der Waals surface area contributed by atoms with E-state index in [1.807, 2.05) is 6.20 Å². The number of rotatable bonds is 4. The second-order valence-corrected chi connectivity index (χ2v) is 4.99. The number of nitrogens with zero attached hydrogens (tertiary/aromatic N) is 3. The molecule has 1 aromatic rings. The van der Waals surface area contributed by atoms with Crippen LogP contribution in [0.5, 0.6) is 0 Å². The number of hydrogen-bond acceptors (Lipinski definition) is 3. The Kier molecular flexibility index (Phi) is 4.05. The first-order valence-electron chi connectivity index (χ1n) is 6.77. The Labute approximate surface area is 104 Å². The number of imidazole rings is 1. The summed E-state index contributed by atoms with van der Waals surface area (Å²) >= 11 is 0. The van der Waals surface area contributed by atoms with Gasteiger partial charge in [0.05, 0.1) is 0 Å². The van der Waals surface area contributed by atoms with Gasteiger partial charge in [-0.3, -0.25) is 0 Å². The van der Waals surface area contributed by atoms with E-state index in [1.54, 1.807) is 0 Å². The predicted octanol–water partition coefficient (Wildman–Crippen LogP) is 1.86. The van der Waals surface area contributed by atoms with Crippen LogP contribution >= 0.6 is 0 Å². The minimum atomic E-state index is 0.367. The summed E-state index contributed by atoms with van der Waals surface area (Å²) in [6.45, 7) is 7.57. The lowest BCUT2D eigenvalue weighted by molar-refractivity contribution is 0.343. The quantitative estimate of drug-likeness (QED) is 0.868. The van der Waals surface area contributed by atoms with Gasteiger partial charge in [-0.1, -0.05) is 20.3 Å². The first-order valence-corrected chi connectivity index (χ1v) is 6.77. The summed E-state index contributed by atoms with van der Waals surface area (Å²) in [5.41, 5.74) is 6.15. The van der Waals surface area contributed by atoms with E-state index in [9.17, 15) is 0 Å². The van der Waals surface area contributed by atoms with Gasteiger partial charge in [0.1, 0.15) is 0 Å². The molecule has 2 heterocycles. The summed E-state index contributed by atoms with van der Waals surface area (Å²) < 4.78 is 2.25. The van der Waals surface area contributed by atoms with Gasteiger partial charge >= 0.3 is 0 Å². The van der Waals surface area contributed by atoms with Crippen LogP contribution in [-0.4, -0.2) is 28.7 Å². The molecule has 0 amide bonds. The molecule has 0 aromatic carbocycles. The molecule has 2 N–H and O–H groups in total. The maximum atomic E-state index is 6.15. The Morgan fingerprint density at radius 2 is 2.29 bits per heavy atom. The van der Waals surface area contributed by atoms with Gasteiger partial charge in [-0.2, -0.15) is 0 Å². The molecule has 1 aliphatic rings. The molecule has 2 atom stereocenters. The second kappa shape index (κ2) is 5.54. The van der Waals surface area contributed by atoms with Gasteiger partial charge in [-0.25, -0.2) is 4.98 Å². The molecule has 2 rings (SSSR count). The zero-order valence-electron chi connectivity index (χ0n) is 11.0. The molecule has 96 valence electrons. The third kappa shape index (κ3) is 2.63. The molecular formula is C13H24N4. The van der Waals surface area contributed by atoms with Crippen molar-refractivity contribution in [3.8, 4) is 0 Å². The van der Waals surface area contributed by atoms with E-state index in [0.717, 1.165) is 44.8 Å². The largest absolute Gasteiger partial charge is 0.342 e. The first-order chi connectivity index (χ1) is 8.26. The van der Waals surface area contributed by atoms with E-state index >= 15 is 0 Å². The zero-order chi connectivity index (χ0) is 12.3. The van der Waals surface area contributed by atoms with Crippen LogP contribution in [0.4, 0.5) is 5.95 Å². The minimum Gasteiger partial charge on any atom is -0.342 e. The average molecular weight is 236 g/mol. The van der Waals surface area contributed by atoms with Crippen molar-refractivity contribution >= 4 is 5.95 Å². The Morgan fingerprint density at radius 1 is 1.47 bits per heavy atom. The van der Waals surface area contributed by atoms with E-state index in [0.29, 0.717) is 12.0 Å². The molecule has 1 saturated heterocycles. The normalized spacial score (nSPS) is 25.2. The van der Waals surface area contributed by atoms with Crippen molar-refractivity contribution in [2.45, 2.75) is 45.7 Å². The van der Waals surface area contributed by atoms with Crippen LogP contribution in [-0.2, 0) is 6.54 Å². The van der Waals surface area contributed by atoms with Gasteiger partial charge in [0.15, 0.2) is 0 Å². The van der Waals surface area contributed by atoms with E-state index in [-0.39, 0.29) is 0 Å². The molecule has 2 unspecified atom stereocenters. The molecule has 4 heteroatoms. The van der Waals surface area contributed by atoms with Gasteiger partial charge in [0.25, 0.3) is 0 Å².